The molecule has 1 aromatic rings. The zero-order valence-electron chi connectivity index (χ0n) is 11.8. The van der Waals surface area contributed by atoms with E-state index in [4.69, 9.17) is 5.11 Å². The summed E-state index contributed by atoms with van der Waals surface area (Å²) in [6.07, 6.45) is 4.97. The smallest absolute Gasteiger partial charge is 0.262 e. The van der Waals surface area contributed by atoms with Crippen molar-refractivity contribution in [2.24, 2.45) is 5.92 Å². The maximum absolute atomic E-state index is 12.3. The quantitative estimate of drug-likeness (QED) is 0.841. The van der Waals surface area contributed by atoms with E-state index in [0.717, 1.165) is 24.3 Å². The summed E-state index contributed by atoms with van der Waals surface area (Å²) >= 11 is 1.43. The Morgan fingerprint density at radius 1 is 1.45 bits per heavy atom. The molecule has 3 nitrogen and oxygen atoms in total. The first kappa shape index (κ1) is 15.1. The van der Waals surface area contributed by atoms with Gasteiger partial charge in [-0.25, -0.2) is 0 Å². The lowest BCUT2D eigenvalue weighted by atomic mass is 9.87. The van der Waals surface area contributed by atoms with Crippen molar-refractivity contribution in [3.05, 3.63) is 21.9 Å². The topological polar surface area (TPSA) is 49.3 Å². The van der Waals surface area contributed by atoms with Crippen LogP contribution in [0.1, 0.15) is 54.3 Å². The van der Waals surface area contributed by atoms with Crippen molar-refractivity contribution >= 4 is 17.2 Å². The molecule has 0 spiro atoms. The number of hydrogen-bond acceptors (Lipinski definition) is 3. The van der Waals surface area contributed by atoms with E-state index >= 15 is 0 Å². The van der Waals surface area contributed by atoms with E-state index in [2.05, 4.69) is 24.1 Å². The molecule has 1 fully saturated rings. The van der Waals surface area contributed by atoms with E-state index in [1.807, 2.05) is 11.4 Å². The van der Waals surface area contributed by atoms with Gasteiger partial charge in [0, 0.05) is 18.0 Å². The molecular weight excluding hydrogens is 270 g/mol. The Balaban J connectivity index is 1.96. The van der Waals surface area contributed by atoms with Gasteiger partial charge in [0.1, 0.15) is 4.88 Å². The van der Waals surface area contributed by atoms with Crippen LogP contribution in [0.5, 0.6) is 0 Å². The summed E-state index contributed by atoms with van der Waals surface area (Å²) in [7, 11) is 0. The molecule has 2 N–H and O–H groups in total. The van der Waals surface area contributed by atoms with Crippen LogP contribution in [0, 0.1) is 17.8 Å². The summed E-state index contributed by atoms with van der Waals surface area (Å²) in [5, 5.41) is 13.7. The molecule has 0 saturated heterocycles. The van der Waals surface area contributed by atoms with Crippen LogP contribution in [0.3, 0.4) is 0 Å². The Morgan fingerprint density at radius 3 is 2.90 bits per heavy atom. The van der Waals surface area contributed by atoms with Gasteiger partial charge in [-0.3, -0.25) is 4.79 Å². The summed E-state index contributed by atoms with van der Waals surface area (Å²) in [4.78, 5) is 13.0. The average Bonchev–Trinajstić information content (AvgIpc) is 2.90. The Hall–Kier alpha value is -1.31. The van der Waals surface area contributed by atoms with Crippen molar-refractivity contribution in [2.75, 3.05) is 6.61 Å². The SMILES string of the molecule is CC1CCC(NC(=O)c2sccc2C#CCCO)CC1. The molecule has 108 valence electrons. The summed E-state index contributed by atoms with van der Waals surface area (Å²) in [6.45, 7) is 2.32. The van der Waals surface area contributed by atoms with Gasteiger partial charge in [-0.15, -0.1) is 11.3 Å². The number of rotatable bonds is 3. The van der Waals surface area contributed by atoms with E-state index in [9.17, 15) is 4.79 Å². The molecule has 1 aromatic heterocycles. The van der Waals surface area contributed by atoms with Crippen molar-refractivity contribution < 1.29 is 9.90 Å². The van der Waals surface area contributed by atoms with Gasteiger partial charge in [0.05, 0.1) is 6.61 Å². The van der Waals surface area contributed by atoms with Crippen LogP contribution in [0.4, 0.5) is 0 Å². The molecule has 1 aliphatic rings. The van der Waals surface area contributed by atoms with Gasteiger partial charge in [-0.05, 0) is 43.0 Å². The van der Waals surface area contributed by atoms with E-state index < -0.39 is 0 Å². The maximum atomic E-state index is 12.3. The molecule has 1 amide bonds. The number of hydrogen-bond donors (Lipinski definition) is 2. The molecule has 2 rings (SSSR count). The van der Waals surface area contributed by atoms with Gasteiger partial charge < -0.3 is 10.4 Å². The zero-order chi connectivity index (χ0) is 14.4. The first-order chi connectivity index (χ1) is 9.70. The van der Waals surface area contributed by atoms with E-state index in [-0.39, 0.29) is 12.5 Å². The molecule has 1 heterocycles. The summed E-state index contributed by atoms with van der Waals surface area (Å²) in [6, 6.07) is 2.17. The molecular formula is C16H21NO2S. The second-order valence-electron chi connectivity index (χ2n) is 5.37. The normalized spacial score (nSPS) is 21.9. The highest BCUT2D eigenvalue weighted by Crippen LogP contribution is 2.24. The molecule has 0 bridgehead atoms. The molecule has 0 aromatic carbocycles. The number of nitrogens with one attached hydrogen (secondary N) is 1. The second-order valence-corrected chi connectivity index (χ2v) is 6.29. The van der Waals surface area contributed by atoms with Gasteiger partial charge in [0.2, 0.25) is 0 Å². The lowest BCUT2D eigenvalue weighted by Gasteiger charge is -2.26. The van der Waals surface area contributed by atoms with Crippen LogP contribution in [-0.4, -0.2) is 23.7 Å². The number of carbonyl (C=O) groups is 1. The van der Waals surface area contributed by atoms with Gasteiger partial charge in [-0.1, -0.05) is 18.8 Å². The fraction of sp³-hybridized carbons (Fsp3) is 0.562. The predicted octanol–water partition coefficient (Wildman–Crippen LogP) is 2.79. The van der Waals surface area contributed by atoms with Crippen LogP contribution in [-0.2, 0) is 0 Å². The van der Waals surface area contributed by atoms with Crippen LogP contribution in [0.2, 0.25) is 0 Å². The standard InChI is InChI=1S/C16H21NO2S/c1-12-5-7-14(8-6-12)17-16(19)15-13(9-11-20-15)4-2-3-10-18/h9,11-12,14,18H,3,5-8,10H2,1H3,(H,17,19). The molecule has 4 heteroatoms. The van der Waals surface area contributed by atoms with Crippen LogP contribution < -0.4 is 5.32 Å². The maximum Gasteiger partial charge on any atom is 0.262 e. The summed E-state index contributed by atoms with van der Waals surface area (Å²) < 4.78 is 0. The Labute approximate surface area is 124 Å². The van der Waals surface area contributed by atoms with Crippen LogP contribution in [0.15, 0.2) is 11.4 Å². The van der Waals surface area contributed by atoms with Crippen LogP contribution in [0.25, 0.3) is 0 Å². The number of carbonyl (C=O) groups excluding carboxylic acids is 1. The zero-order valence-corrected chi connectivity index (χ0v) is 12.6. The van der Waals surface area contributed by atoms with Crippen molar-refractivity contribution in [3.63, 3.8) is 0 Å². The highest BCUT2D eigenvalue weighted by atomic mass is 32.1. The van der Waals surface area contributed by atoms with E-state index in [0.29, 0.717) is 17.3 Å². The number of aliphatic hydroxyl groups excluding tert-OH is 1. The molecule has 0 unspecified atom stereocenters. The summed E-state index contributed by atoms with van der Waals surface area (Å²) in [5.74, 6) is 6.60. The third kappa shape index (κ3) is 4.09. The minimum Gasteiger partial charge on any atom is -0.395 e. The number of amides is 1. The highest BCUT2D eigenvalue weighted by Gasteiger charge is 2.21. The van der Waals surface area contributed by atoms with Crippen molar-refractivity contribution in [1.82, 2.24) is 5.32 Å². The predicted molar refractivity (Wildman–Crippen MR) is 81.8 cm³/mol. The second kappa shape index (κ2) is 7.47. The minimum absolute atomic E-state index is 0.00662. The van der Waals surface area contributed by atoms with Gasteiger partial charge in [0.25, 0.3) is 5.91 Å². The van der Waals surface area contributed by atoms with Gasteiger partial charge in [-0.2, -0.15) is 0 Å². The third-order valence-corrected chi connectivity index (χ3v) is 4.60. The lowest BCUT2D eigenvalue weighted by molar-refractivity contribution is 0.0927. The van der Waals surface area contributed by atoms with Gasteiger partial charge in [0.15, 0.2) is 0 Å². The largest absolute Gasteiger partial charge is 0.395 e. The van der Waals surface area contributed by atoms with E-state index in [1.54, 1.807) is 0 Å². The average molecular weight is 291 g/mol. The molecule has 1 saturated carbocycles. The number of thiophene rings is 1. The van der Waals surface area contributed by atoms with Crippen molar-refractivity contribution in [2.45, 2.75) is 45.1 Å². The Kier molecular flexibility index (Phi) is 5.63. The fourth-order valence-corrected chi connectivity index (χ4v) is 3.20. The third-order valence-electron chi connectivity index (χ3n) is 3.68. The molecule has 0 aliphatic heterocycles. The first-order valence-corrected chi connectivity index (χ1v) is 8.06. The van der Waals surface area contributed by atoms with Crippen molar-refractivity contribution in [1.29, 1.82) is 0 Å². The van der Waals surface area contributed by atoms with Crippen LogP contribution >= 0.6 is 11.3 Å². The number of aliphatic hydroxyl groups is 1. The minimum atomic E-state index is -0.00662. The molecule has 1 aliphatic carbocycles. The molecule has 20 heavy (non-hydrogen) atoms. The first-order valence-electron chi connectivity index (χ1n) is 7.18. The highest BCUT2D eigenvalue weighted by molar-refractivity contribution is 7.12. The lowest BCUT2D eigenvalue weighted by Crippen LogP contribution is -2.37. The Morgan fingerprint density at radius 2 is 2.20 bits per heavy atom. The molecule has 0 atom stereocenters. The van der Waals surface area contributed by atoms with Crippen molar-refractivity contribution in [3.8, 4) is 11.8 Å². The fourth-order valence-electron chi connectivity index (χ4n) is 2.45. The molecule has 0 radical (unpaired) electrons. The van der Waals surface area contributed by atoms with Gasteiger partial charge >= 0.3 is 0 Å². The Bertz CT molecular complexity index is 504. The van der Waals surface area contributed by atoms with E-state index in [1.165, 1.54) is 24.2 Å². The monoisotopic (exact) mass is 291 g/mol. The summed E-state index contributed by atoms with van der Waals surface area (Å²) in [5.41, 5.74) is 0.769.